The number of aromatic nitrogens is 2. The Balaban J connectivity index is 2.20. The lowest BCUT2D eigenvalue weighted by molar-refractivity contribution is 0.0216. The van der Waals surface area contributed by atoms with Gasteiger partial charge in [0.1, 0.15) is 6.10 Å². The molecule has 1 aliphatic heterocycles. The number of morpholine rings is 1. The molecule has 88 valence electrons. The number of nitrogens with one attached hydrogen (secondary N) is 1. The van der Waals surface area contributed by atoms with E-state index in [9.17, 15) is 0 Å². The van der Waals surface area contributed by atoms with Gasteiger partial charge in [-0.25, -0.2) is 4.98 Å². The van der Waals surface area contributed by atoms with Gasteiger partial charge in [-0.1, -0.05) is 0 Å². The van der Waals surface area contributed by atoms with Gasteiger partial charge in [0, 0.05) is 13.1 Å². The first kappa shape index (κ1) is 11.1. The van der Waals surface area contributed by atoms with Crippen LogP contribution in [0.4, 0.5) is 0 Å². The maximum atomic E-state index is 5.55. The fraction of sp³-hybridized carbons (Fsp3) is 0.600. The topological polar surface area (TPSA) is 65.5 Å². The van der Waals surface area contributed by atoms with Gasteiger partial charge in [0.05, 0.1) is 27.0 Å². The Kier molecular flexibility index (Phi) is 3.53. The van der Waals surface area contributed by atoms with Gasteiger partial charge in [0.2, 0.25) is 0 Å². The van der Waals surface area contributed by atoms with Gasteiger partial charge in [-0.15, -0.1) is 0 Å². The third-order valence-corrected chi connectivity index (χ3v) is 2.37. The minimum Gasteiger partial charge on any atom is -0.490 e. The molecule has 0 spiro atoms. The van der Waals surface area contributed by atoms with Gasteiger partial charge in [-0.3, -0.25) is 0 Å². The van der Waals surface area contributed by atoms with Crippen molar-refractivity contribution in [1.82, 2.24) is 15.3 Å². The standard InChI is InChI=1S/C10H15N3O3/c1-14-8-6-12-9(13-10(8)15-2)7-5-11-3-4-16-7/h6-7,11H,3-5H2,1-2H3. The van der Waals surface area contributed by atoms with E-state index in [0.717, 1.165) is 13.1 Å². The number of nitrogens with zero attached hydrogens (tertiary/aromatic N) is 2. The van der Waals surface area contributed by atoms with E-state index in [1.807, 2.05) is 0 Å². The molecule has 1 saturated heterocycles. The molecule has 1 fully saturated rings. The SMILES string of the molecule is COc1cnc(C2CNCCO2)nc1OC. The molecule has 1 N–H and O–H groups in total. The Hall–Kier alpha value is -1.40. The summed E-state index contributed by atoms with van der Waals surface area (Å²) in [6.07, 6.45) is 1.48. The van der Waals surface area contributed by atoms with Crippen molar-refractivity contribution in [3.8, 4) is 11.6 Å². The van der Waals surface area contributed by atoms with E-state index in [-0.39, 0.29) is 6.10 Å². The summed E-state index contributed by atoms with van der Waals surface area (Å²) in [4.78, 5) is 8.46. The minimum atomic E-state index is -0.117. The van der Waals surface area contributed by atoms with Crippen LogP contribution in [0.3, 0.4) is 0 Å². The van der Waals surface area contributed by atoms with Crippen LogP contribution in [0.1, 0.15) is 11.9 Å². The van der Waals surface area contributed by atoms with Crippen molar-refractivity contribution in [2.45, 2.75) is 6.10 Å². The number of methoxy groups -OCH3 is 2. The van der Waals surface area contributed by atoms with E-state index in [1.165, 1.54) is 0 Å². The van der Waals surface area contributed by atoms with Crippen LogP contribution in [0.2, 0.25) is 0 Å². The fourth-order valence-electron chi connectivity index (χ4n) is 1.54. The first-order valence-electron chi connectivity index (χ1n) is 5.12. The van der Waals surface area contributed by atoms with Gasteiger partial charge >= 0.3 is 0 Å². The summed E-state index contributed by atoms with van der Waals surface area (Å²) in [5, 5.41) is 3.22. The Bertz CT molecular complexity index is 353. The minimum absolute atomic E-state index is 0.117. The van der Waals surface area contributed by atoms with Crippen molar-refractivity contribution in [3.63, 3.8) is 0 Å². The highest BCUT2D eigenvalue weighted by atomic mass is 16.5. The van der Waals surface area contributed by atoms with E-state index in [1.54, 1.807) is 20.4 Å². The molecule has 1 atom stereocenters. The molecule has 0 radical (unpaired) electrons. The largest absolute Gasteiger partial charge is 0.490 e. The number of hydrogen-bond acceptors (Lipinski definition) is 6. The molecule has 6 nitrogen and oxygen atoms in total. The summed E-state index contributed by atoms with van der Waals surface area (Å²) in [5.74, 6) is 1.57. The summed E-state index contributed by atoms with van der Waals surface area (Å²) in [6, 6.07) is 0. The highest BCUT2D eigenvalue weighted by Crippen LogP contribution is 2.25. The summed E-state index contributed by atoms with van der Waals surface area (Å²) >= 11 is 0. The lowest BCUT2D eigenvalue weighted by Gasteiger charge is -2.22. The molecule has 0 bridgehead atoms. The molecule has 0 saturated carbocycles. The molecule has 2 heterocycles. The van der Waals surface area contributed by atoms with Crippen LogP contribution in [0, 0.1) is 0 Å². The van der Waals surface area contributed by atoms with Crippen LogP contribution >= 0.6 is 0 Å². The quantitative estimate of drug-likeness (QED) is 0.790. The molecule has 6 heteroatoms. The number of rotatable bonds is 3. The zero-order chi connectivity index (χ0) is 11.4. The summed E-state index contributed by atoms with van der Waals surface area (Å²) in [6.45, 7) is 2.25. The summed E-state index contributed by atoms with van der Waals surface area (Å²) in [5.41, 5.74) is 0. The maximum absolute atomic E-state index is 5.55. The zero-order valence-corrected chi connectivity index (χ0v) is 9.40. The van der Waals surface area contributed by atoms with Gasteiger partial charge in [-0.05, 0) is 0 Å². The molecule has 0 aliphatic carbocycles. The monoisotopic (exact) mass is 225 g/mol. The van der Waals surface area contributed by atoms with Crippen molar-refractivity contribution >= 4 is 0 Å². The van der Waals surface area contributed by atoms with Crippen LogP contribution in [-0.4, -0.2) is 43.9 Å². The van der Waals surface area contributed by atoms with Crippen molar-refractivity contribution in [1.29, 1.82) is 0 Å². The lowest BCUT2D eigenvalue weighted by Crippen LogP contribution is -2.34. The van der Waals surface area contributed by atoms with Crippen LogP contribution in [0.25, 0.3) is 0 Å². The van der Waals surface area contributed by atoms with Gasteiger partial charge in [0.15, 0.2) is 11.6 Å². The van der Waals surface area contributed by atoms with E-state index in [0.29, 0.717) is 24.1 Å². The molecular formula is C10H15N3O3. The van der Waals surface area contributed by atoms with Gasteiger partial charge in [-0.2, -0.15) is 4.98 Å². The predicted molar refractivity (Wildman–Crippen MR) is 56.7 cm³/mol. The molecule has 1 aliphatic rings. The van der Waals surface area contributed by atoms with E-state index in [4.69, 9.17) is 14.2 Å². The van der Waals surface area contributed by atoms with Crippen molar-refractivity contribution in [2.24, 2.45) is 0 Å². The van der Waals surface area contributed by atoms with Crippen LogP contribution < -0.4 is 14.8 Å². The molecule has 1 aromatic heterocycles. The molecule has 0 aromatic carbocycles. The van der Waals surface area contributed by atoms with E-state index in [2.05, 4.69) is 15.3 Å². The van der Waals surface area contributed by atoms with Crippen molar-refractivity contribution < 1.29 is 14.2 Å². The number of ether oxygens (including phenoxy) is 3. The Morgan fingerprint density at radius 2 is 2.31 bits per heavy atom. The van der Waals surface area contributed by atoms with Gasteiger partial charge in [0.25, 0.3) is 5.88 Å². The molecule has 0 amide bonds. The molecule has 1 aromatic rings. The zero-order valence-electron chi connectivity index (χ0n) is 9.40. The molecular weight excluding hydrogens is 210 g/mol. The maximum Gasteiger partial charge on any atom is 0.260 e. The predicted octanol–water partition coefficient (Wildman–Crippen LogP) is 0.155. The highest BCUT2D eigenvalue weighted by molar-refractivity contribution is 5.31. The Labute approximate surface area is 93.9 Å². The highest BCUT2D eigenvalue weighted by Gasteiger charge is 2.20. The van der Waals surface area contributed by atoms with Crippen molar-refractivity contribution in [2.75, 3.05) is 33.9 Å². The van der Waals surface area contributed by atoms with Crippen molar-refractivity contribution in [3.05, 3.63) is 12.0 Å². The smallest absolute Gasteiger partial charge is 0.260 e. The molecule has 2 rings (SSSR count). The Morgan fingerprint density at radius 3 is 2.94 bits per heavy atom. The first-order valence-corrected chi connectivity index (χ1v) is 5.12. The van der Waals surface area contributed by atoms with Crippen LogP contribution in [0.5, 0.6) is 11.6 Å². The fourth-order valence-corrected chi connectivity index (χ4v) is 1.54. The van der Waals surface area contributed by atoms with Crippen LogP contribution in [-0.2, 0) is 4.74 Å². The average Bonchev–Trinajstić information content (AvgIpc) is 2.39. The second kappa shape index (κ2) is 5.09. The third-order valence-electron chi connectivity index (χ3n) is 2.37. The lowest BCUT2D eigenvalue weighted by atomic mass is 10.3. The first-order chi connectivity index (χ1) is 7.85. The summed E-state index contributed by atoms with van der Waals surface area (Å²) < 4.78 is 15.7. The van der Waals surface area contributed by atoms with E-state index >= 15 is 0 Å². The normalized spacial score (nSPS) is 20.5. The summed E-state index contributed by atoms with van der Waals surface area (Å²) in [7, 11) is 3.11. The second-order valence-corrected chi connectivity index (χ2v) is 3.37. The van der Waals surface area contributed by atoms with Gasteiger partial charge < -0.3 is 19.5 Å². The number of hydrogen-bond donors (Lipinski definition) is 1. The Morgan fingerprint density at radius 1 is 1.44 bits per heavy atom. The second-order valence-electron chi connectivity index (χ2n) is 3.37. The van der Waals surface area contributed by atoms with Crippen LogP contribution in [0.15, 0.2) is 6.20 Å². The molecule has 1 unspecified atom stereocenters. The third kappa shape index (κ3) is 2.23. The molecule has 16 heavy (non-hydrogen) atoms. The van der Waals surface area contributed by atoms with E-state index < -0.39 is 0 Å². The average molecular weight is 225 g/mol.